The van der Waals surface area contributed by atoms with Gasteiger partial charge >= 0.3 is 5.97 Å². The Morgan fingerprint density at radius 2 is 2.18 bits per heavy atom. The third kappa shape index (κ3) is 2.80. The van der Waals surface area contributed by atoms with Gasteiger partial charge in [-0.05, 0) is 24.3 Å². The average molecular weight is 324 g/mol. The Bertz CT molecular complexity index is 657. The van der Waals surface area contributed by atoms with Crippen molar-refractivity contribution in [2.24, 2.45) is 0 Å². The van der Waals surface area contributed by atoms with Crippen LogP contribution >= 0.6 is 11.6 Å². The molecule has 1 fully saturated rings. The van der Waals surface area contributed by atoms with Crippen molar-refractivity contribution in [1.82, 2.24) is 4.90 Å². The van der Waals surface area contributed by atoms with Crippen LogP contribution in [0.25, 0.3) is 6.08 Å². The van der Waals surface area contributed by atoms with Crippen molar-refractivity contribution in [2.45, 2.75) is 6.04 Å². The van der Waals surface area contributed by atoms with E-state index < -0.39 is 12.0 Å². The molecule has 2 aliphatic heterocycles. The number of hydrogen-bond acceptors (Lipinski definition) is 4. The molecule has 0 saturated carbocycles. The number of halogens is 1. The predicted molar refractivity (Wildman–Crippen MR) is 78.9 cm³/mol. The first-order valence-corrected chi connectivity index (χ1v) is 7.18. The summed E-state index contributed by atoms with van der Waals surface area (Å²) in [7, 11) is 0. The summed E-state index contributed by atoms with van der Waals surface area (Å²) in [5.41, 5.74) is 1.12. The van der Waals surface area contributed by atoms with Crippen LogP contribution in [0.1, 0.15) is 5.56 Å². The Hall–Kier alpha value is -2.05. The number of morpholine rings is 1. The van der Waals surface area contributed by atoms with Gasteiger partial charge in [0.2, 0.25) is 0 Å². The van der Waals surface area contributed by atoms with E-state index in [2.05, 4.69) is 0 Å². The lowest BCUT2D eigenvalue weighted by atomic mass is 10.1. The maximum atomic E-state index is 12.6. The van der Waals surface area contributed by atoms with Crippen LogP contribution in [-0.2, 0) is 14.3 Å². The molecule has 0 radical (unpaired) electrons. The molecule has 1 N–H and O–H groups in total. The van der Waals surface area contributed by atoms with E-state index in [1.807, 2.05) is 0 Å². The molecule has 0 aliphatic carbocycles. The van der Waals surface area contributed by atoms with Gasteiger partial charge in [0.25, 0.3) is 5.91 Å². The van der Waals surface area contributed by atoms with Crippen LogP contribution in [0.2, 0.25) is 5.02 Å². The number of aliphatic carboxylic acids is 1. The number of ether oxygens (including phenoxy) is 2. The number of amides is 1. The van der Waals surface area contributed by atoms with Gasteiger partial charge in [-0.3, -0.25) is 4.79 Å². The van der Waals surface area contributed by atoms with Gasteiger partial charge in [-0.25, -0.2) is 4.79 Å². The van der Waals surface area contributed by atoms with Crippen LogP contribution in [0.5, 0.6) is 5.75 Å². The fraction of sp³-hybridized carbons (Fsp3) is 0.333. The van der Waals surface area contributed by atoms with E-state index in [1.165, 1.54) is 4.90 Å². The number of fused-ring (bicyclic) bond motifs is 1. The van der Waals surface area contributed by atoms with Crippen molar-refractivity contribution in [2.75, 3.05) is 26.4 Å². The van der Waals surface area contributed by atoms with Crippen LogP contribution in [0.4, 0.5) is 0 Å². The maximum absolute atomic E-state index is 12.6. The first kappa shape index (κ1) is 14.9. The second-order valence-electron chi connectivity index (χ2n) is 5.07. The second-order valence-corrected chi connectivity index (χ2v) is 5.50. The molecule has 1 aromatic carbocycles. The van der Waals surface area contributed by atoms with Gasteiger partial charge in [-0.1, -0.05) is 11.6 Å². The third-order valence-electron chi connectivity index (χ3n) is 3.63. The van der Waals surface area contributed by atoms with Gasteiger partial charge in [0.1, 0.15) is 12.4 Å². The number of carboxylic acid groups (broad SMARTS) is 1. The number of carbonyl (C=O) groups is 2. The molecule has 1 aromatic rings. The topological polar surface area (TPSA) is 76.1 Å². The summed E-state index contributed by atoms with van der Waals surface area (Å²) in [5, 5.41) is 9.75. The van der Waals surface area contributed by atoms with Gasteiger partial charge < -0.3 is 19.5 Å². The molecule has 0 spiro atoms. The quantitative estimate of drug-likeness (QED) is 0.891. The number of hydrogen-bond donors (Lipinski definition) is 1. The Kier molecular flexibility index (Phi) is 4.04. The largest absolute Gasteiger partial charge is 0.488 e. The van der Waals surface area contributed by atoms with Crippen LogP contribution in [-0.4, -0.2) is 54.3 Å². The fourth-order valence-corrected chi connectivity index (χ4v) is 2.69. The van der Waals surface area contributed by atoms with E-state index in [9.17, 15) is 14.7 Å². The third-order valence-corrected chi connectivity index (χ3v) is 3.87. The van der Waals surface area contributed by atoms with Gasteiger partial charge in [0.05, 0.1) is 18.8 Å². The van der Waals surface area contributed by atoms with E-state index in [-0.39, 0.29) is 25.7 Å². The Morgan fingerprint density at radius 3 is 2.95 bits per heavy atom. The van der Waals surface area contributed by atoms with Crippen molar-refractivity contribution in [3.8, 4) is 5.75 Å². The predicted octanol–water partition coefficient (Wildman–Crippen LogP) is 1.43. The zero-order valence-corrected chi connectivity index (χ0v) is 12.4. The number of carboxylic acids is 1. The Labute approximate surface area is 131 Å². The number of benzene rings is 1. The van der Waals surface area contributed by atoms with E-state index in [0.717, 1.165) is 0 Å². The molecule has 22 heavy (non-hydrogen) atoms. The summed E-state index contributed by atoms with van der Waals surface area (Å²) >= 11 is 5.94. The lowest BCUT2D eigenvalue weighted by Gasteiger charge is -2.34. The number of carbonyl (C=O) groups excluding carboxylic acids is 1. The van der Waals surface area contributed by atoms with Crippen LogP contribution in [0.15, 0.2) is 23.8 Å². The highest BCUT2D eigenvalue weighted by molar-refractivity contribution is 6.30. The van der Waals surface area contributed by atoms with Crippen molar-refractivity contribution in [1.29, 1.82) is 0 Å². The monoisotopic (exact) mass is 323 g/mol. The SMILES string of the molecule is O=C(O)[C@H]1COCCN1C(=O)C1=Cc2cc(Cl)ccc2OC1. The Morgan fingerprint density at radius 1 is 1.36 bits per heavy atom. The summed E-state index contributed by atoms with van der Waals surface area (Å²) in [6, 6.07) is 4.19. The van der Waals surface area contributed by atoms with E-state index in [0.29, 0.717) is 28.5 Å². The lowest BCUT2D eigenvalue weighted by molar-refractivity contribution is -0.156. The number of nitrogens with zero attached hydrogens (tertiary/aromatic N) is 1. The normalized spacial score (nSPS) is 20.7. The summed E-state index contributed by atoms with van der Waals surface area (Å²) in [5.74, 6) is -0.771. The highest BCUT2D eigenvalue weighted by Crippen LogP contribution is 2.29. The molecule has 1 saturated heterocycles. The molecular weight excluding hydrogens is 310 g/mol. The minimum atomic E-state index is -1.08. The minimum absolute atomic E-state index is 0.00236. The summed E-state index contributed by atoms with van der Waals surface area (Å²) in [6.07, 6.45) is 1.70. The molecular formula is C15H14ClNO5. The second kappa shape index (κ2) is 5.98. The fourth-order valence-electron chi connectivity index (χ4n) is 2.51. The first-order chi connectivity index (χ1) is 10.6. The molecule has 0 bridgehead atoms. The molecule has 116 valence electrons. The van der Waals surface area contributed by atoms with Gasteiger partial charge in [0, 0.05) is 17.1 Å². The van der Waals surface area contributed by atoms with Crippen LogP contribution < -0.4 is 4.74 Å². The summed E-state index contributed by atoms with van der Waals surface area (Å²) in [6.45, 7) is 0.677. The highest BCUT2D eigenvalue weighted by atomic mass is 35.5. The van der Waals surface area contributed by atoms with Crippen molar-refractivity contribution >= 4 is 29.6 Å². The summed E-state index contributed by atoms with van der Waals surface area (Å²) in [4.78, 5) is 25.2. The molecule has 7 heteroatoms. The zero-order chi connectivity index (χ0) is 15.7. The molecule has 3 rings (SSSR count). The molecule has 1 atom stereocenters. The highest BCUT2D eigenvalue weighted by Gasteiger charge is 2.34. The van der Waals surface area contributed by atoms with Crippen LogP contribution in [0.3, 0.4) is 0 Å². The van der Waals surface area contributed by atoms with Crippen molar-refractivity contribution < 1.29 is 24.2 Å². The smallest absolute Gasteiger partial charge is 0.328 e. The first-order valence-electron chi connectivity index (χ1n) is 6.80. The zero-order valence-electron chi connectivity index (χ0n) is 11.6. The maximum Gasteiger partial charge on any atom is 0.328 e. The van der Waals surface area contributed by atoms with Gasteiger partial charge in [0.15, 0.2) is 6.04 Å². The number of rotatable bonds is 2. The van der Waals surface area contributed by atoms with Gasteiger partial charge in [-0.2, -0.15) is 0 Å². The molecule has 6 nitrogen and oxygen atoms in total. The molecule has 0 unspecified atom stereocenters. The van der Waals surface area contributed by atoms with Crippen molar-refractivity contribution in [3.63, 3.8) is 0 Å². The Balaban J connectivity index is 1.87. The lowest BCUT2D eigenvalue weighted by Crippen LogP contribution is -2.53. The average Bonchev–Trinajstić information content (AvgIpc) is 2.53. The molecule has 2 heterocycles. The van der Waals surface area contributed by atoms with E-state index in [4.69, 9.17) is 21.1 Å². The van der Waals surface area contributed by atoms with Crippen LogP contribution in [0, 0.1) is 0 Å². The standard InChI is InChI=1S/C15H14ClNO5/c16-11-1-2-13-9(6-11)5-10(7-22-13)14(18)17-3-4-21-8-12(17)15(19)20/h1-2,5-6,12H,3-4,7-8H2,(H,19,20)/t12-/m1/s1. The molecule has 2 aliphatic rings. The minimum Gasteiger partial charge on any atom is -0.488 e. The van der Waals surface area contributed by atoms with E-state index in [1.54, 1.807) is 24.3 Å². The van der Waals surface area contributed by atoms with Gasteiger partial charge in [-0.15, -0.1) is 0 Å². The van der Waals surface area contributed by atoms with Crippen molar-refractivity contribution in [3.05, 3.63) is 34.4 Å². The summed E-state index contributed by atoms with van der Waals surface area (Å²) < 4.78 is 10.7. The van der Waals surface area contributed by atoms with E-state index >= 15 is 0 Å². The molecule has 0 aromatic heterocycles. The molecule has 1 amide bonds.